The number of aromatic nitrogens is 2. The molecule has 4 heteroatoms. The van der Waals surface area contributed by atoms with Gasteiger partial charge in [0.15, 0.2) is 0 Å². The highest BCUT2D eigenvalue weighted by Gasteiger charge is 2.56. The molecule has 19 heavy (non-hydrogen) atoms. The molecule has 4 nitrogen and oxygen atoms in total. The van der Waals surface area contributed by atoms with Crippen molar-refractivity contribution in [2.24, 2.45) is 18.4 Å². The molecule has 2 aliphatic carbocycles. The molecular weight excluding hydrogens is 238 g/mol. The fourth-order valence-electron chi connectivity index (χ4n) is 4.13. The van der Waals surface area contributed by atoms with Gasteiger partial charge >= 0.3 is 0 Å². The first-order valence-electron chi connectivity index (χ1n) is 6.66. The lowest BCUT2D eigenvalue weighted by Gasteiger charge is -2.46. The number of aliphatic hydroxyl groups is 1. The van der Waals surface area contributed by atoms with Crippen LogP contribution in [-0.4, -0.2) is 14.9 Å². The summed E-state index contributed by atoms with van der Waals surface area (Å²) in [5.74, 6) is 0.572. The Bertz CT molecular complexity index is 632. The number of hydrogen-bond donors (Lipinski definition) is 1. The molecule has 2 atom stereocenters. The zero-order valence-corrected chi connectivity index (χ0v) is 11.9. The summed E-state index contributed by atoms with van der Waals surface area (Å²) in [6.07, 6.45) is 3.58. The van der Waals surface area contributed by atoms with Crippen molar-refractivity contribution < 1.29 is 5.11 Å². The largest absolute Gasteiger partial charge is 0.511 e. The third kappa shape index (κ3) is 1.36. The van der Waals surface area contributed by atoms with E-state index in [1.807, 2.05) is 25.6 Å². The molecule has 0 unspecified atom stereocenters. The van der Waals surface area contributed by atoms with E-state index in [0.29, 0.717) is 17.9 Å². The quantitative estimate of drug-likeness (QED) is 0.777. The van der Waals surface area contributed by atoms with E-state index in [2.05, 4.69) is 24.3 Å². The summed E-state index contributed by atoms with van der Waals surface area (Å²) >= 11 is 0. The predicted molar refractivity (Wildman–Crippen MR) is 71.4 cm³/mol. The molecule has 0 bridgehead atoms. The van der Waals surface area contributed by atoms with Gasteiger partial charge in [-0.15, -0.1) is 0 Å². The van der Waals surface area contributed by atoms with E-state index in [9.17, 15) is 10.4 Å². The molecule has 0 amide bonds. The van der Waals surface area contributed by atoms with Crippen LogP contribution in [0.15, 0.2) is 17.5 Å². The van der Waals surface area contributed by atoms with Gasteiger partial charge in [-0.05, 0) is 24.3 Å². The molecule has 0 fully saturated rings. The Morgan fingerprint density at radius 1 is 1.47 bits per heavy atom. The molecule has 1 aromatic heterocycles. The van der Waals surface area contributed by atoms with Crippen molar-refractivity contribution >= 4 is 0 Å². The Morgan fingerprint density at radius 3 is 2.79 bits per heavy atom. The smallest absolute Gasteiger partial charge is 0.112 e. The standard InChI is InChI=1S/C15H19N3O/c1-14(2)11-5-9-8-18(4)17-12(9)15(11,3)6-10(7-16)13(14)19/h8,11,19H,5-6H2,1-4H3/t11-,15+/m1/s1. The topological polar surface area (TPSA) is 61.8 Å². The number of allylic oxidation sites excluding steroid dienone is 2. The second-order valence-corrected chi connectivity index (χ2v) is 6.69. The van der Waals surface area contributed by atoms with Crippen LogP contribution in [0.5, 0.6) is 0 Å². The van der Waals surface area contributed by atoms with Gasteiger partial charge in [-0.25, -0.2) is 0 Å². The van der Waals surface area contributed by atoms with Crippen molar-refractivity contribution in [2.45, 2.75) is 39.0 Å². The van der Waals surface area contributed by atoms with Crippen molar-refractivity contribution in [2.75, 3.05) is 0 Å². The Hall–Kier alpha value is -1.76. The van der Waals surface area contributed by atoms with Gasteiger partial charge in [-0.2, -0.15) is 10.4 Å². The third-order valence-corrected chi connectivity index (χ3v) is 5.08. The van der Waals surface area contributed by atoms with Gasteiger partial charge in [0.2, 0.25) is 0 Å². The summed E-state index contributed by atoms with van der Waals surface area (Å²) in [6, 6.07) is 2.18. The zero-order chi connectivity index (χ0) is 14.0. The monoisotopic (exact) mass is 257 g/mol. The maximum absolute atomic E-state index is 10.4. The van der Waals surface area contributed by atoms with Crippen LogP contribution < -0.4 is 0 Å². The van der Waals surface area contributed by atoms with E-state index in [1.54, 1.807) is 0 Å². The van der Waals surface area contributed by atoms with Crippen LogP contribution in [0, 0.1) is 22.7 Å². The number of aliphatic hydroxyl groups excluding tert-OH is 1. The van der Waals surface area contributed by atoms with Crippen LogP contribution >= 0.6 is 0 Å². The molecule has 0 aliphatic heterocycles. The van der Waals surface area contributed by atoms with Crippen molar-refractivity contribution in [3.05, 3.63) is 28.8 Å². The number of nitriles is 1. The second-order valence-electron chi connectivity index (χ2n) is 6.69. The van der Waals surface area contributed by atoms with E-state index in [0.717, 1.165) is 12.1 Å². The SMILES string of the molecule is Cn1cc2c(n1)[C@@]1(C)CC(C#N)=C(O)C(C)(C)[C@H]1C2. The lowest BCUT2D eigenvalue weighted by molar-refractivity contribution is 0.0907. The van der Waals surface area contributed by atoms with Crippen LogP contribution in [0.3, 0.4) is 0 Å². The van der Waals surface area contributed by atoms with E-state index in [4.69, 9.17) is 0 Å². The Balaban J connectivity index is 2.20. The predicted octanol–water partition coefficient (Wildman–Crippen LogP) is 2.62. The van der Waals surface area contributed by atoms with Gasteiger partial charge in [0, 0.05) is 24.1 Å². The fraction of sp³-hybridized carbons (Fsp3) is 0.600. The Kier molecular flexibility index (Phi) is 2.21. The minimum atomic E-state index is -0.371. The van der Waals surface area contributed by atoms with Crippen molar-refractivity contribution in [1.29, 1.82) is 5.26 Å². The maximum Gasteiger partial charge on any atom is 0.112 e. The molecule has 1 aromatic rings. The van der Waals surface area contributed by atoms with E-state index in [-0.39, 0.29) is 16.6 Å². The van der Waals surface area contributed by atoms with Crippen molar-refractivity contribution in [3.8, 4) is 6.07 Å². The summed E-state index contributed by atoms with van der Waals surface area (Å²) in [7, 11) is 1.93. The summed E-state index contributed by atoms with van der Waals surface area (Å²) in [4.78, 5) is 0. The van der Waals surface area contributed by atoms with Gasteiger partial charge < -0.3 is 5.11 Å². The molecule has 1 heterocycles. The van der Waals surface area contributed by atoms with Gasteiger partial charge in [0.05, 0.1) is 17.3 Å². The van der Waals surface area contributed by atoms with E-state index < -0.39 is 0 Å². The van der Waals surface area contributed by atoms with Crippen molar-refractivity contribution in [1.82, 2.24) is 9.78 Å². The van der Waals surface area contributed by atoms with Crippen LogP contribution in [0.2, 0.25) is 0 Å². The molecule has 2 aliphatic rings. The summed E-state index contributed by atoms with van der Waals surface area (Å²) in [5, 5.41) is 24.3. The van der Waals surface area contributed by atoms with Gasteiger partial charge in [-0.3, -0.25) is 4.68 Å². The van der Waals surface area contributed by atoms with Gasteiger partial charge in [0.25, 0.3) is 0 Å². The Labute approximate surface area is 113 Å². The van der Waals surface area contributed by atoms with Crippen LogP contribution in [0.1, 0.15) is 38.4 Å². The highest BCUT2D eigenvalue weighted by Crippen LogP contribution is 2.58. The summed E-state index contributed by atoms with van der Waals surface area (Å²) in [5.41, 5.74) is 2.37. The number of fused-ring (bicyclic) bond motifs is 3. The molecule has 0 spiro atoms. The molecule has 0 aromatic carbocycles. The average molecular weight is 257 g/mol. The third-order valence-electron chi connectivity index (χ3n) is 5.08. The number of aryl methyl sites for hydroxylation is 1. The number of nitrogens with zero attached hydrogens (tertiary/aromatic N) is 3. The summed E-state index contributed by atoms with van der Waals surface area (Å²) < 4.78 is 1.85. The fourth-order valence-corrected chi connectivity index (χ4v) is 4.13. The van der Waals surface area contributed by atoms with Crippen LogP contribution in [0.4, 0.5) is 0 Å². The summed E-state index contributed by atoms with van der Waals surface area (Å²) in [6.45, 7) is 6.25. The Morgan fingerprint density at radius 2 is 2.16 bits per heavy atom. The molecule has 1 N–H and O–H groups in total. The average Bonchev–Trinajstić information content (AvgIpc) is 2.82. The minimum Gasteiger partial charge on any atom is -0.511 e. The lowest BCUT2D eigenvalue weighted by atomic mass is 9.58. The molecule has 0 saturated heterocycles. The second kappa shape index (κ2) is 3.41. The maximum atomic E-state index is 10.4. The number of hydrogen-bond acceptors (Lipinski definition) is 3. The first kappa shape index (κ1) is 12.3. The minimum absolute atomic E-state index is 0.141. The van der Waals surface area contributed by atoms with Gasteiger partial charge in [-0.1, -0.05) is 20.8 Å². The number of rotatable bonds is 0. The lowest BCUT2D eigenvalue weighted by Crippen LogP contribution is -2.44. The first-order chi connectivity index (χ1) is 8.80. The molecule has 0 radical (unpaired) electrons. The van der Waals surface area contributed by atoms with E-state index >= 15 is 0 Å². The zero-order valence-electron chi connectivity index (χ0n) is 11.9. The van der Waals surface area contributed by atoms with Crippen molar-refractivity contribution in [3.63, 3.8) is 0 Å². The van der Waals surface area contributed by atoms with Gasteiger partial charge in [0.1, 0.15) is 5.76 Å². The first-order valence-corrected chi connectivity index (χ1v) is 6.66. The highest BCUT2D eigenvalue weighted by atomic mass is 16.3. The normalized spacial score (nSPS) is 31.8. The van der Waals surface area contributed by atoms with Crippen LogP contribution in [0.25, 0.3) is 0 Å². The van der Waals surface area contributed by atoms with E-state index in [1.165, 1.54) is 5.56 Å². The van der Waals surface area contributed by atoms with Crippen LogP contribution in [-0.2, 0) is 18.9 Å². The molecule has 0 saturated carbocycles. The molecule has 100 valence electrons. The highest BCUT2D eigenvalue weighted by molar-refractivity contribution is 5.44. The molecule has 3 rings (SSSR count). The molecular formula is C15H19N3O.